The number of amides is 1. The molecule has 6 nitrogen and oxygen atoms in total. The molecule has 0 bridgehead atoms. The smallest absolute Gasteiger partial charge is 0.419 e. The second-order valence-electron chi connectivity index (χ2n) is 7.10. The number of nitrogens with one attached hydrogen (secondary N) is 2. The van der Waals surface area contributed by atoms with E-state index >= 15 is 0 Å². The van der Waals surface area contributed by atoms with Crippen molar-refractivity contribution in [2.75, 3.05) is 11.9 Å². The number of benzene rings is 2. The summed E-state index contributed by atoms with van der Waals surface area (Å²) < 4.78 is 84.1. The van der Waals surface area contributed by atoms with Crippen molar-refractivity contribution in [2.24, 2.45) is 0 Å². The lowest BCUT2D eigenvalue weighted by Crippen LogP contribution is -2.32. The third-order valence-corrected chi connectivity index (χ3v) is 6.27. The molecule has 0 heterocycles. The summed E-state index contributed by atoms with van der Waals surface area (Å²) in [5, 5.41) is 2.19. The summed E-state index contributed by atoms with van der Waals surface area (Å²) in [6.07, 6.45) is -1.33. The number of rotatable bonds is 7. The fourth-order valence-electron chi connectivity index (χ4n) is 3.21. The Bertz CT molecular complexity index is 1030. The van der Waals surface area contributed by atoms with Crippen molar-refractivity contribution in [1.29, 1.82) is 0 Å². The van der Waals surface area contributed by atoms with Gasteiger partial charge in [0.25, 0.3) is 5.91 Å². The minimum absolute atomic E-state index is 0.0576. The number of hydrogen-bond donors (Lipinski definition) is 2. The summed E-state index contributed by atoms with van der Waals surface area (Å²) in [6, 6.07) is 7.43. The highest BCUT2D eigenvalue weighted by molar-refractivity contribution is 7.89. The zero-order valence-corrected chi connectivity index (χ0v) is 17.0. The van der Waals surface area contributed by atoms with E-state index in [4.69, 9.17) is 4.74 Å². The Kier molecular flexibility index (Phi) is 6.85. The molecule has 11 heteroatoms. The molecule has 0 unspecified atom stereocenters. The van der Waals surface area contributed by atoms with Crippen LogP contribution in [0.4, 0.5) is 23.2 Å². The topological polar surface area (TPSA) is 84.5 Å². The van der Waals surface area contributed by atoms with Gasteiger partial charge in [0.2, 0.25) is 10.0 Å². The van der Waals surface area contributed by atoms with Crippen molar-refractivity contribution < 1.29 is 35.5 Å². The Balaban J connectivity index is 1.56. The van der Waals surface area contributed by atoms with Crippen LogP contribution < -0.4 is 14.8 Å². The van der Waals surface area contributed by atoms with Crippen molar-refractivity contribution in [2.45, 2.75) is 42.8 Å². The quantitative estimate of drug-likeness (QED) is 0.610. The van der Waals surface area contributed by atoms with E-state index in [-0.39, 0.29) is 22.4 Å². The molecule has 2 N–H and O–H groups in total. The van der Waals surface area contributed by atoms with Gasteiger partial charge < -0.3 is 10.1 Å². The van der Waals surface area contributed by atoms with Crippen molar-refractivity contribution in [3.63, 3.8) is 0 Å². The monoisotopic (exact) mass is 460 g/mol. The summed E-state index contributed by atoms with van der Waals surface area (Å²) >= 11 is 0. The molecule has 1 aliphatic rings. The molecule has 0 radical (unpaired) electrons. The van der Waals surface area contributed by atoms with Crippen molar-refractivity contribution >= 4 is 21.6 Å². The predicted octanol–water partition coefficient (Wildman–Crippen LogP) is 4.08. The lowest BCUT2D eigenvalue weighted by atomic mass is 10.2. The molecule has 1 saturated carbocycles. The highest BCUT2D eigenvalue weighted by atomic mass is 32.2. The maximum absolute atomic E-state index is 13.3. The van der Waals surface area contributed by atoms with Gasteiger partial charge in [-0.15, -0.1) is 0 Å². The average molecular weight is 460 g/mol. The zero-order chi connectivity index (χ0) is 22.6. The normalized spacial score (nSPS) is 15.1. The summed E-state index contributed by atoms with van der Waals surface area (Å²) in [6.45, 7) is -0.537. The lowest BCUT2D eigenvalue weighted by Gasteiger charge is -2.13. The Morgan fingerprint density at radius 3 is 2.32 bits per heavy atom. The minimum Gasteiger partial charge on any atom is -0.484 e. The largest absolute Gasteiger partial charge is 0.484 e. The van der Waals surface area contributed by atoms with Crippen LogP contribution in [0.2, 0.25) is 0 Å². The van der Waals surface area contributed by atoms with Gasteiger partial charge in [-0.3, -0.25) is 4.79 Å². The van der Waals surface area contributed by atoms with Gasteiger partial charge in [-0.25, -0.2) is 17.5 Å². The average Bonchev–Trinajstić information content (AvgIpc) is 3.19. The molecule has 168 valence electrons. The first-order valence-electron chi connectivity index (χ1n) is 9.46. The Hall–Kier alpha value is -2.66. The Morgan fingerprint density at radius 1 is 1.06 bits per heavy atom. The van der Waals surface area contributed by atoms with E-state index in [9.17, 15) is 30.8 Å². The molecule has 31 heavy (non-hydrogen) atoms. The van der Waals surface area contributed by atoms with Gasteiger partial charge in [0.1, 0.15) is 11.6 Å². The molecule has 0 atom stereocenters. The molecule has 1 amide bonds. The van der Waals surface area contributed by atoms with Gasteiger partial charge in [-0.05, 0) is 55.3 Å². The van der Waals surface area contributed by atoms with Crippen molar-refractivity contribution in [1.82, 2.24) is 4.72 Å². The summed E-state index contributed by atoms with van der Waals surface area (Å²) in [5.74, 6) is -2.01. The van der Waals surface area contributed by atoms with E-state index in [1.807, 2.05) is 0 Å². The molecule has 3 rings (SSSR count). The van der Waals surface area contributed by atoms with Gasteiger partial charge in [-0.1, -0.05) is 12.8 Å². The molecule has 0 spiro atoms. The van der Waals surface area contributed by atoms with E-state index in [2.05, 4.69) is 10.0 Å². The van der Waals surface area contributed by atoms with Gasteiger partial charge >= 0.3 is 6.18 Å². The first kappa shape index (κ1) is 23.0. The number of hydrogen-bond acceptors (Lipinski definition) is 4. The minimum atomic E-state index is -4.89. The summed E-state index contributed by atoms with van der Waals surface area (Å²) in [5.41, 5.74) is -1.73. The highest BCUT2D eigenvalue weighted by Gasteiger charge is 2.34. The maximum Gasteiger partial charge on any atom is 0.419 e. The fourth-order valence-corrected chi connectivity index (χ4v) is 4.52. The van der Waals surface area contributed by atoms with Crippen LogP contribution in [0.5, 0.6) is 5.75 Å². The fraction of sp³-hybridized carbons (Fsp3) is 0.350. The van der Waals surface area contributed by atoms with E-state index in [0.717, 1.165) is 31.7 Å². The maximum atomic E-state index is 13.3. The van der Waals surface area contributed by atoms with Crippen molar-refractivity contribution in [3.05, 3.63) is 53.8 Å². The lowest BCUT2D eigenvalue weighted by molar-refractivity contribution is -0.140. The molecule has 0 saturated heterocycles. The van der Waals surface area contributed by atoms with Gasteiger partial charge in [0.15, 0.2) is 6.61 Å². The van der Waals surface area contributed by atoms with Crippen LogP contribution >= 0.6 is 0 Å². The van der Waals surface area contributed by atoms with Crippen molar-refractivity contribution in [3.8, 4) is 5.75 Å². The van der Waals surface area contributed by atoms with E-state index < -0.39 is 40.1 Å². The van der Waals surface area contributed by atoms with Crippen LogP contribution in [-0.4, -0.2) is 27.0 Å². The number of sulfonamides is 1. The van der Waals surface area contributed by atoms with Gasteiger partial charge in [0.05, 0.1) is 10.5 Å². The molecule has 0 aromatic heterocycles. The Morgan fingerprint density at radius 2 is 1.71 bits per heavy atom. The number of anilines is 1. The van der Waals surface area contributed by atoms with Crippen LogP contribution in [0.1, 0.15) is 31.2 Å². The van der Waals surface area contributed by atoms with E-state index in [0.29, 0.717) is 12.1 Å². The van der Waals surface area contributed by atoms with Crippen LogP contribution in [0.25, 0.3) is 0 Å². The molecular weight excluding hydrogens is 440 g/mol. The predicted molar refractivity (Wildman–Crippen MR) is 105 cm³/mol. The van der Waals surface area contributed by atoms with E-state index in [1.165, 1.54) is 24.3 Å². The second-order valence-corrected chi connectivity index (χ2v) is 8.82. The van der Waals surface area contributed by atoms with Crippen LogP contribution in [-0.2, 0) is 21.0 Å². The first-order chi connectivity index (χ1) is 14.5. The standard InChI is InChI=1S/C20H20F4N2O4S/c21-18-10-5-14(11-17(18)20(22,23)24)25-19(27)12-30-15-6-8-16(9-7-15)31(28,29)26-13-3-1-2-4-13/h5-11,13,26H,1-4,12H2,(H,25,27). The number of ether oxygens (including phenoxy) is 1. The zero-order valence-electron chi connectivity index (χ0n) is 16.2. The third-order valence-electron chi connectivity index (χ3n) is 4.74. The third kappa shape index (κ3) is 6.17. The number of carbonyl (C=O) groups is 1. The number of carbonyl (C=O) groups excluding carboxylic acids is 1. The first-order valence-corrected chi connectivity index (χ1v) is 10.9. The molecule has 0 aliphatic heterocycles. The Labute approximate surface area is 176 Å². The molecule has 1 fully saturated rings. The highest BCUT2D eigenvalue weighted by Crippen LogP contribution is 2.33. The number of alkyl halides is 3. The molecule has 1 aliphatic carbocycles. The van der Waals surface area contributed by atoms with Gasteiger partial charge in [-0.2, -0.15) is 13.2 Å². The summed E-state index contributed by atoms with van der Waals surface area (Å²) in [7, 11) is -3.66. The van der Waals surface area contributed by atoms with Crippen LogP contribution in [0.3, 0.4) is 0 Å². The van der Waals surface area contributed by atoms with Crippen LogP contribution in [0.15, 0.2) is 47.4 Å². The van der Waals surface area contributed by atoms with Crippen LogP contribution in [0, 0.1) is 5.82 Å². The van der Waals surface area contributed by atoms with Gasteiger partial charge in [0, 0.05) is 11.7 Å². The summed E-state index contributed by atoms with van der Waals surface area (Å²) in [4.78, 5) is 12.0. The number of halogens is 4. The SMILES string of the molecule is O=C(COc1ccc(S(=O)(=O)NC2CCCC2)cc1)Nc1ccc(F)c(C(F)(F)F)c1. The second kappa shape index (κ2) is 9.23. The van der Waals surface area contributed by atoms with E-state index in [1.54, 1.807) is 0 Å². The molecule has 2 aromatic rings. The molecular formula is C20H20F4N2O4S. The molecule has 2 aromatic carbocycles.